The van der Waals surface area contributed by atoms with E-state index in [2.05, 4.69) is 15.5 Å². The quantitative estimate of drug-likeness (QED) is 0.629. The van der Waals surface area contributed by atoms with Crippen LogP contribution >= 0.6 is 0 Å². The van der Waals surface area contributed by atoms with E-state index in [1.165, 1.54) is 24.2 Å². The largest absolute Gasteiger partial charge is 0.491 e. The summed E-state index contributed by atoms with van der Waals surface area (Å²) in [6.45, 7) is 4.08. The number of imide groups is 1. The van der Waals surface area contributed by atoms with Gasteiger partial charge in [0.2, 0.25) is 11.8 Å². The summed E-state index contributed by atoms with van der Waals surface area (Å²) in [7, 11) is 0. The number of hydrogen-bond donors (Lipinski definition) is 0. The highest BCUT2D eigenvalue weighted by molar-refractivity contribution is 6.17. The number of nitrogens with zero attached hydrogens (tertiary/aromatic N) is 5. The van der Waals surface area contributed by atoms with Crippen LogP contribution in [-0.4, -0.2) is 38.6 Å². The van der Waals surface area contributed by atoms with Crippen LogP contribution < -0.4 is 9.64 Å². The minimum absolute atomic E-state index is 0.158. The Morgan fingerprint density at radius 3 is 2.77 bits per heavy atom. The summed E-state index contributed by atoms with van der Waals surface area (Å²) in [6.07, 6.45) is 8.49. The summed E-state index contributed by atoms with van der Waals surface area (Å²) in [5, 5.41) is 12.3. The first-order chi connectivity index (χ1) is 15.1. The van der Waals surface area contributed by atoms with E-state index < -0.39 is 0 Å². The molecule has 0 unspecified atom stereocenters. The second kappa shape index (κ2) is 9.58. The van der Waals surface area contributed by atoms with Crippen LogP contribution in [0.1, 0.15) is 76.2 Å². The molecule has 2 amide bonds. The SMILES string of the molecule is CC(C)C(=O)N1C(=O)CCc2cccc(OCCCc3nnnn3C3CCCCC3)c21. The van der Waals surface area contributed by atoms with Crippen molar-refractivity contribution in [1.82, 2.24) is 20.2 Å². The molecule has 0 N–H and O–H groups in total. The number of fused-ring (bicyclic) bond motifs is 1. The molecule has 1 aliphatic carbocycles. The van der Waals surface area contributed by atoms with Crippen LogP contribution in [-0.2, 0) is 22.4 Å². The van der Waals surface area contributed by atoms with Crippen molar-refractivity contribution in [2.24, 2.45) is 5.92 Å². The normalized spacial score (nSPS) is 17.1. The van der Waals surface area contributed by atoms with Crippen LogP contribution in [0.15, 0.2) is 18.2 Å². The number of ether oxygens (including phenoxy) is 1. The molecule has 2 heterocycles. The average Bonchev–Trinajstić information content (AvgIpc) is 3.25. The fraction of sp³-hybridized carbons (Fsp3) is 0.609. The lowest BCUT2D eigenvalue weighted by Crippen LogP contribution is -2.42. The van der Waals surface area contributed by atoms with Gasteiger partial charge in [0.1, 0.15) is 5.75 Å². The van der Waals surface area contributed by atoms with Gasteiger partial charge in [0, 0.05) is 18.8 Å². The molecule has 1 aliphatic heterocycles. The molecular formula is C23H31N5O3. The molecule has 2 aromatic rings. The Hall–Kier alpha value is -2.77. The number of aryl methyl sites for hydroxylation is 2. The average molecular weight is 426 g/mol. The van der Waals surface area contributed by atoms with Gasteiger partial charge in [0.05, 0.1) is 18.3 Å². The zero-order valence-corrected chi connectivity index (χ0v) is 18.4. The molecule has 8 heteroatoms. The van der Waals surface area contributed by atoms with Gasteiger partial charge in [-0.3, -0.25) is 9.59 Å². The number of benzene rings is 1. The molecule has 8 nitrogen and oxygen atoms in total. The highest BCUT2D eigenvalue weighted by atomic mass is 16.5. The molecule has 1 saturated carbocycles. The number of hydrogen-bond acceptors (Lipinski definition) is 6. The van der Waals surface area contributed by atoms with Crippen LogP contribution in [0.2, 0.25) is 0 Å². The van der Waals surface area contributed by atoms with E-state index in [1.54, 1.807) is 0 Å². The zero-order valence-electron chi connectivity index (χ0n) is 18.4. The third-order valence-electron chi connectivity index (χ3n) is 6.16. The highest BCUT2D eigenvalue weighted by Crippen LogP contribution is 2.37. The summed E-state index contributed by atoms with van der Waals surface area (Å²) >= 11 is 0. The number of carbonyl (C=O) groups excluding carboxylic acids is 2. The number of anilines is 1. The van der Waals surface area contributed by atoms with E-state index in [0.717, 1.165) is 37.1 Å². The van der Waals surface area contributed by atoms with Crippen molar-refractivity contribution in [2.45, 2.75) is 77.7 Å². The molecule has 0 saturated heterocycles. The number of tetrazole rings is 1. The Labute approximate surface area is 182 Å². The van der Waals surface area contributed by atoms with E-state index in [-0.39, 0.29) is 17.7 Å². The third kappa shape index (κ3) is 4.62. The van der Waals surface area contributed by atoms with Crippen molar-refractivity contribution in [1.29, 1.82) is 0 Å². The number of amides is 2. The Bertz CT molecular complexity index is 933. The van der Waals surface area contributed by atoms with Crippen molar-refractivity contribution < 1.29 is 14.3 Å². The minimum Gasteiger partial charge on any atom is -0.491 e. The Morgan fingerprint density at radius 2 is 2.00 bits per heavy atom. The summed E-state index contributed by atoms with van der Waals surface area (Å²) < 4.78 is 8.06. The number of carbonyl (C=O) groups is 2. The van der Waals surface area contributed by atoms with Crippen LogP contribution in [0.3, 0.4) is 0 Å². The highest BCUT2D eigenvalue weighted by Gasteiger charge is 2.33. The van der Waals surface area contributed by atoms with Crippen molar-refractivity contribution in [3.63, 3.8) is 0 Å². The molecule has 31 heavy (non-hydrogen) atoms. The molecular weight excluding hydrogens is 394 g/mol. The van der Waals surface area contributed by atoms with Crippen LogP contribution in [0, 0.1) is 5.92 Å². The predicted molar refractivity (Wildman–Crippen MR) is 116 cm³/mol. The fourth-order valence-electron chi connectivity index (χ4n) is 4.51. The Kier molecular flexibility index (Phi) is 6.63. The maximum Gasteiger partial charge on any atom is 0.236 e. The second-order valence-electron chi connectivity index (χ2n) is 8.77. The Balaban J connectivity index is 1.42. The molecule has 0 atom stereocenters. The summed E-state index contributed by atoms with van der Waals surface area (Å²) in [5.74, 6) is 0.882. The van der Waals surface area contributed by atoms with Crippen molar-refractivity contribution >= 4 is 17.5 Å². The topological polar surface area (TPSA) is 90.2 Å². The molecule has 0 spiro atoms. The van der Waals surface area contributed by atoms with Gasteiger partial charge in [0.25, 0.3) is 0 Å². The summed E-state index contributed by atoms with van der Waals surface area (Å²) in [6, 6.07) is 6.13. The predicted octanol–water partition coefficient (Wildman–Crippen LogP) is 3.65. The van der Waals surface area contributed by atoms with Gasteiger partial charge in [-0.05, 0) is 47.7 Å². The molecule has 2 aliphatic rings. The van der Waals surface area contributed by atoms with Crippen LogP contribution in [0.4, 0.5) is 5.69 Å². The molecule has 1 fully saturated rings. The number of rotatable bonds is 7. The van der Waals surface area contributed by atoms with Gasteiger partial charge in [-0.1, -0.05) is 45.2 Å². The standard InChI is InChI=1S/C23H31N5O3/c1-16(2)23(30)27-21(29)14-13-17-8-6-11-19(22(17)27)31-15-7-12-20-24-25-26-28(20)18-9-4-3-5-10-18/h6,8,11,16,18H,3-5,7,9-10,12-15H2,1-2H3. The van der Waals surface area contributed by atoms with E-state index in [9.17, 15) is 9.59 Å². The van der Waals surface area contributed by atoms with Gasteiger partial charge in [-0.2, -0.15) is 0 Å². The summed E-state index contributed by atoms with van der Waals surface area (Å²) in [4.78, 5) is 26.6. The molecule has 1 aromatic carbocycles. The van der Waals surface area contributed by atoms with E-state index >= 15 is 0 Å². The van der Waals surface area contributed by atoms with Crippen molar-refractivity contribution in [3.8, 4) is 5.75 Å². The lowest BCUT2D eigenvalue weighted by atomic mass is 9.95. The summed E-state index contributed by atoms with van der Waals surface area (Å²) in [5.41, 5.74) is 1.59. The third-order valence-corrected chi connectivity index (χ3v) is 6.16. The van der Waals surface area contributed by atoms with Crippen LogP contribution in [0.5, 0.6) is 5.75 Å². The maximum atomic E-state index is 12.7. The van der Waals surface area contributed by atoms with E-state index in [0.29, 0.717) is 36.9 Å². The van der Waals surface area contributed by atoms with Crippen LogP contribution in [0.25, 0.3) is 0 Å². The van der Waals surface area contributed by atoms with Gasteiger partial charge in [0.15, 0.2) is 5.82 Å². The fourth-order valence-corrected chi connectivity index (χ4v) is 4.51. The minimum atomic E-state index is -0.262. The molecule has 4 rings (SSSR count). The lowest BCUT2D eigenvalue weighted by Gasteiger charge is -2.30. The van der Waals surface area contributed by atoms with Gasteiger partial charge in [-0.15, -0.1) is 5.10 Å². The molecule has 0 radical (unpaired) electrons. The van der Waals surface area contributed by atoms with Crippen molar-refractivity contribution in [3.05, 3.63) is 29.6 Å². The first-order valence-electron chi connectivity index (χ1n) is 11.4. The van der Waals surface area contributed by atoms with Crippen molar-refractivity contribution in [2.75, 3.05) is 11.5 Å². The maximum absolute atomic E-state index is 12.7. The second-order valence-corrected chi connectivity index (χ2v) is 8.77. The number of para-hydroxylation sites is 1. The molecule has 0 bridgehead atoms. The van der Waals surface area contributed by atoms with Gasteiger partial charge in [-0.25, -0.2) is 9.58 Å². The lowest BCUT2D eigenvalue weighted by molar-refractivity contribution is -0.128. The monoisotopic (exact) mass is 425 g/mol. The van der Waals surface area contributed by atoms with Gasteiger partial charge < -0.3 is 4.74 Å². The zero-order chi connectivity index (χ0) is 21.8. The first kappa shape index (κ1) is 21.5. The molecule has 1 aromatic heterocycles. The first-order valence-corrected chi connectivity index (χ1v) is 11.4. The number of aromatic nitrogens is 4. The molecule has 166 valence electrons. The van der Waals surface area contributed by atoms with E-state index in [1.807, 2.05) is 36.7 Å². The van der Waals surface area contributed by atoms with Gasteiger partial charge >= 0.3 is 0 Å². The Morgan fingerprint density at radius 1 is 1.19 bits per heavy atom. The van der Waals surface area contributed by atoms with E-state index in [4.69, 9.17) is 4.74 Å². The smallest absolute Gasteiger partial charge is 0.236 e.